The van der Waals surface area contributed by atoms with Gasteiger partial charge in [0.05, 0.1) is 17.2 Å². The van der Waals surface area contributed by atoms with Gasteiger partial charge < -0.3 is 4.74 Å². The summed E-state index contributed by atoms with van der Waals surface area (Å²) in [6.07, 6.45) is -10.4. The lowest BCUT2D eigenvalue weighted by Gasteiger charge is -2.35. The molecule has 1 amide bonds. The van der Waals surface area contributed by atoms with Crippen molar-refractivity contribution in [2.45, 2.75) is 64.5 Å². The number of ether oxygens (including phenoxy) is 1. The number of rotatable bonds is 4. The Bertz CT molecular complexity index is 1250. The predicted octanol–water partition coefficient (Wildman–Crippen LogP) is 9.01. The fourth-order valence-corrected chi connectivity index (χ4v) is 5.62. The topological polar surface area (TPSA) is 29.5 Å². The lowest BCUT2D eigenvalue weighted by molar-refractivity contribution is -0.143. The molecule has 0 N–H and O–H groups in total. The summed E-state index contributed by atoms with van der Waals surface area (Å²) in [5.74, 6) is -0.406. The molecular formula is C27H25F7INO2. The smallest absolute Gasteiger partial charge is 0.416 e. The summed E-state index contributed by atoms with van der Waals surface area (Å²) in [6, 6.07) is 5.08. The standard InChI is InChI=1S/C27H25F7INO2/c1-14-23(15-8-17(26(29,30)31)10-18(9-15)27(32,33)34)38-24(37)36(14)13-16-12-25(2,3)7-6-20(16)21-11-19(35)4-5-22(21)28/h4-5,8-11,14,23H,6-7,12-13H2,1-3H3/t14-,23-/m0/s1. The number of carbonyl (C=O) groups is 1. The number of halogens is 8. The van der Waals surface area contributed by atoms with Gasteiger partial charge in [-0.1, -0.05) is 13.8 Å². The van der Waals surface area contributed by atoms with Crippen molar-refractivity contribution in [3.05, 3.63) is 73.6 Å². The van der Waals surface area contributed by atoms with Gasteiger partial charge in [0.15, 0.2) is 0 Å². The lowest BCUT2D eigenvalue weighted by Crippen LogP contribution is -2.35. The largest absolute Gasteiger partial charge is 0.439 e. The van der Waals surface area contributed by atoms with Crippen molar-refractivity contribution < 1.29 is 40.3 Å². The third-order valence-corrected chi connectivity index (χ3v) is 7.79. The van der Waals surface area contributed by atoms with Crippen LogP contribution in [0.2, 0.25) is 0 Å². The minimum atomic E-state index is -5.02. The SMILES string of the molecule is C[C@H]1[C@@H](c2cc(C(F)(F)F)cc(C(F)(F)F)c2)OC(=O)N1CC1=C(c2cc(I)ccc2F)CCC(C)(C)C1. The molecule has 1 aliphatic carbocycles. The van der Waals surface area contributed by atoms with E-state index in [0.717, 1.165) is 21.1 Å². The van der Waals surface area contributed by atoms with Crippen molar-refractivity contribution in [2.75, 3.05) is 6.54 Å². The number of alkyl halides is 6. The van der Waals surface area contributed by atoms with Crippen LogP contribution in [0.15, 0.2) is 42.0 Å². The Kier molecular flexibility index (Phi) is 7.56. The number of cyclic esters (lactones) is 1. The van der Waals surface area contributed by atoms with E-state index in [4.69, 9.17) is 4.74 Å². The molecule has 2 aromatic rings. The quantitative estimate of drug-likeness (QED) is 0.243. The Hall–Kier alpha value is -2.31. The molecule has 2 aliphatic rings. The van der Waals surface area contributed by atoms with Crippen molar-refractivity contribution >= 4 is 34.3 Å². The van der Waals surface area contributed by atoms with Crippen molar-refractivity contribution in [3.63, 3.8) is 0 Å². The van der Waals surface area contributed by atoms with Gasteiger partial charge in [0.2, 0.25) is 0 Å². The van der Waals surface area contributed by atoms with Gasteiger partial charge >= 0.3 is 18.4 Å². The van der Waals surface area contributed by atoms with E-state index >= 15 is 0 Å². The summed E-state index contributed by atoms with van der Waals surface area (Å²) in [6.45, 7) is 5.63. The first-order valence-corrected chi connectivity index (χ1v) is 13.0. The Morgan fingerprint density at radius 2 is 1.63 bits per heavy atom. The van der Waals surface area contributed by atoms with Crippen LogP contribution in [0, 0.1) is 14.8 Å². The maximum absolute atomic E-state index is 14.8. The van der Waals surface area contributed by atoms with Gasteiger partial charge in [0, 0.05) is 15.7 Å². The third-order valence-electron chi connectivity index (χ3n) is 7.12. The minimum Gasteiger partial charge on any atom is -0.439 e. The third kappa shape index (κ3) is 5.96. The second-order valence-electron chi connectivity index (χ2n) is 10.6. The Morgan fingerprint density at radius 3 is 2.21 bits per heavy atom. The molecule has 2 atom stereocenters. The molecular weight excluding hydrogens is 630 g/mol. The molecule has 38 heavy (non-hydrogen) atoms. The van der Waals surface area contributed by atoms with Crippen molar-refractivity contribution in [1.29, 1.82) is 0 Å². The van der Waals surface area contributed by atoms with E-state index in [2.05, 4.69) is 22.6 Å². The van der Waals surface area contributed by atoms with E-state index in [1.165, 1.54) is 17.9 Å². The van der Waals surface area contributed by atoms with Gasteiger partial charge in [0.1, 0.15) is 11.9 Å². The van der Waals surface area contributed by atoms with Gasteiger partial charge in [-0.05, 0) is 107 Å². The molecule has 0 spiro atoms. The van der Waals surface area contributed by atoms with Crippen LogP contribution in [0.5, 0.6) is 0 Å². The van der Waals surface area contributed by atoms with Crippen LogP contribution in [-0.2, 0) is 17.1 Å². The minimum absolute atomic E-state index is 0.0191. The van der Waals surface area contributed by atoms with Crippen molar-refractivity contribution in [1.82, 2.24) is 4.90 Å². The highest BCUT2D eigenvalue weighted by Gasteiger charge is 2.44. The zero-order chi connectivity index (χ0) is 28.2. The van der Waals surface area contributed by atoms with Crippen LogP contribution in [0.4, 0.5) is 35.5 Å². The van der Waals surface area contributed by atoms with Crippen LogP contribution in [-0.4, -0.2) is 23.6 Å². The Labute approximate surface area is 229 Å². The second kappa shape index (κ2) is 10.0. The highest BCUT2D eigenvalue weighted by atomic mass is 127. The molecule has 1 heterocycles. The molecule has 0 unspecified atom stereocenters. The highest BCUT2D eigenvalue weighted by molar-refractivity contribution is 14.1. The summed E-state index contributed by atoms with van der Waals surface area (Å²) < 4.78 is 101. The van der Waals surface area contributed by atoms with Crippen LogP contribution >= 0.6 is 22.6 Å². The molecule has 1 aliphatic heterocycles. The molecule has 206 valence electrons. The fraction of sp³-hybridized carbons (Fsp3) is 0.444. The number of amides is 1. The Morgan fingerprint density at radius 1 is 1.03 bits per heavy atom. The van der Waals surface area contributed by atoms with Crippen LogP contribution in [0.25, 0.3) is 5.57 Å². The van der Waals surface area contributed by atoms with Crippen molar-refractivity contribution in [3.8, 4) is 0 Å². The zero-order valence-corrected chi connectivity index (χ0v) is 22.9. The first-order chi connectivity index (χ1) is 17.5. The van der Waals surface area contributed by atoms with E-state index < -0.39 is 53.1 Å². The van der Waals surface area contributed by atoms with Gasteiger partial charge in [-0.2, -0.15) is 26.3 Å². The van der Waals surface area contributed by atoms with E-state index in [0.29, 0.717) is 30.5 Å². The summed E-state index contributed by atoms with van der Waals surface area (Å²) in [5, 5.41) is 0. The van der Waals surface area contributed by atoms with E-state index in [1.807, 2.05) is 13.8 Å². The first kappa shape index (κ1) is 28.7. The molecule has 0 radical (unpaired) electrons. The molecule has 1 fully saturated rings. The van der Waals surface area contributed by atoms with Gasteiger partial charge in [0.25, 0.3) is 0 Å². The maximum atomic E-state index is 14.8. The highest BCUT2D eigenvalue weighted by Crippen LogP contribution is 2.45. The number of carbonyl (C=O) groups excluding carboxylic acids is 1. The molecule has 0 saturated carbocycles. The normalized spacial score (nSPS) is 22.2. The average molecular weight is 655 g/mol. The number of nitrogens with zero attached hydrogens (tertiary/aromatic N) is 1. The number of benzene rings is 2. The van der Waals surface area contributed by atoms with Gasteiger partial charge in [-0.25, -0.2) is 9.18 Å². The van der Waals surface area contributed by atoms with E-state index in [9.17, 15) is 35.5 Å². The lowest BCUT2D eigenvalue weighted by atomic mass is 9.72. The van der Waals surface area contributed by atoms with E-state index in [-0.39, 0.29) is 18.0 Å². The van der Waals surface area contributed by atoms with Gasteiger partial charge in [-0.15, -0.1) is 0 Å². The van der Waals surface area contributed by atoms with Crippen LogP contribution in [0.1, 0.15) is 68.4 Å². The second-order valence-corrected chi connectivity index (χ2v) is 11.8. The van der Waals surface area contributed by atoms with Crippen LogP contribution in [0.3, 0.4) is 0 Å². The number of hydrogen-bond acceptors (Lipinski definition) is 2. The maximum Gasteiger partial charge on any atom is 0.416 e. The fourth-order valence-electron chi connectivity index (χ4n) is 5.13. The predicted molar refractivity (Wildman–Crippen MR) is 136 cm³/mol. The molecule has 4 rings (SSSR count). The molecule has 3 nitrogen and oxygen atoms in total. The number of allylic oxidation sites excluding steroid dienone is 1. The molecule has 0 aromatic heterocycles. The summed E-state index contributed by atoms with van der Waals surface area (Å²) in [5.41, 5.74) is -1.53. The Balaban J connectivity index is 1.72. The van der Waals surface area contributed by atoms with Crippen LogP contribution < -0.4 is 0 Å². The monoisotopic (exact) mass is 655 g/mol. The number of hydrogen-bond donors (Lipinski definition) is 0. The molecule has 0 bridgehead atoms. The van der Waals surface area contributed by atoms with E-state index in [1.54, 1.807) is 12.1 Å². The molecule has 1 saturated heterocycles. The summed E-state index contributed by atoms with van der Waals surface area (Å²) >= 11 is 2.08. The average Bonchev–Trinajstić information content (AvgIpc) is 3.07. The summed E-state index contributed by atoms with van der Waals surface area (Å²) in [7, 11) is 0. The zero-order valence-electron chi connectivity index (χ0n) is 20.7. The molecule has 2 aromatic carbocycles. The van der Waals surface area contributed by atoms with Gasteiger partial charge in [-0.3, -0.25) is 4.90 Å². The van der Waals surface area contributed by atoms with Crippen molar-refractivity contribution in [2.24, 2.45) is 5.41 Å². The first-order valence-electron chi connectivity index (χ1n) is 11.9. The molecule has 11 heteroatoms. The summed E-state index contributed by atoms with van der Waals surface area (Å²) in [4.78, 5) is 14.2.